The lowest BCUT2D eigenvalue weighted by molar-refractivity contribution is 0.220. The van der Waals surface area contributed by atoms with Crippen molar-refractivity contribution >= 4 is 11.6 Å². The van der Waals surface area contributed by atoms with Gasteiger partial charge in [0.2, 0.25) is 0 Å². The highest BCUT2D eigenvalue weighted by Crippen LogP contribution is 2.41. The van der Waals surface area contributed by atoms with Gasteiger partial charge in [0.05, 0.1) is 0 Å². The molecule has 2 aromatic rings. The van der Waals surface area contributed by atoms with Crippen LogP contribution in [0.15, 0.2) is 42.5 Å². The molecule has 0 saturated heterocycles. The first-order valence-electron chi connectivity index (χ1n) is 12.7. The van der Waals surface area contributed by atoms with E-state index in [-0.39, 0.29) is 10.9 Å². The summed E-state index contributed by atoms with van der Waals surface area (Å²) in [5, 5.41) is -0.383. The van der Waals surface area contributed by atoms with E-state index in [0.29, 0.717) is 5.92 Å². The summed E-state index contributed by atoms with van der Waals surface area (Å²) >= 11 is 5.64. The van der Waals surface area contributed by atoms with Gasteiger partial charge in [0.25, 0.3) is 0 Å². The van der Waals surface area contributed by atoms with Crippen LogP contribution in [0.25, 0.3) is 0 Å². The molecule has 3 heteroatoms. The van der Waals surface area contributed by atoms with Crippen molar-refractivity contribution in [3.63, 3.8) is 0 Å². The summed E-state index contributed by atoms with van der Waals surface area (Å²) < 4.78 is 27.6. The number of hydrogen-bond donors (Lipinski definition) is 0. The quantitative estimate of drug-likeness (QED) is 0.362. The van der Waals surface area contributed by atoms with E-state index in [9.17, 15) is 8.78 Å². The Hall–Kier alpha value is -1.41. The molecule has 0 nitrogen and oxygen atoms in total. The monoisotopic (exact) mass is 458 g/mol. The van der Waals surface area contributed by atoms with Crippen molar-refractivity contribution < 1.29 is 8.78 Å². The summed E-state index contributed by atoms with van der Waals surface area (Å²) in [5.41, 5.74) is 2.26. The summed E-state index contributed by atoms with van der Waals surface area (Å²) in [7, 11) is 0. The van der Waals surface area contributed by atoms with Crippen LogP contribution in [0.2, 0.25) is 5.02 Å². The van der Waals surface area contributed by atoms with E-state index in [0.717, 1.165) is 36.2 Å². The Labute approximate surface area is 197 Å². The van der Waals surface area contributed by atoms with Gasteiger partial charge in [0.15, 0.2) is 0 Å². The van der Waals surface area contributed by atoms with Crippen molar-refractivity contribution in [2.75, 3.05) is 0 Å². The number of benzene rings is 2. The Balaban J connectivity index is 1.16. The lowest BCUT2D eigenvalue weighted by Crippen LogP contribution is -2.18. The molecular weight excluding hydrogens is 422 g/mol. The van der Waals surface area contributed by atoms with Gasteiger partial charge >= 0.3 is 0 Å². The zero-order valence-corrected chi connectivity index (χ0v) is 20.1. The van der Waals surface area contributed by atoms with Gasteiger partial charge in [0.1, 0.15) is 16.7 Å². The van der Waals surface area contributed by atoms with Crippen molar-refractivity contribution in [2.45, 2.75) is 89.4 Å². The zero-order valence-electron chi connectivity index (χ0n) is 19.3. The van der Waals surface area contributed by atoms with Crippen molar-refractivity contribution in [3.8, 4) is 0 Å². The summed E-state index contributed by atoms with van der Waals surface area (Å²) in [5.74, 6) is 2.25. The molecule has 1 atom stereocenters. The van der Waals surface area contributed by atoms with E-state index in [2.05, 4.69) is 37.3 Å². The molecule has 174 valence electrons. The highest BCUT2D eigenvalue weighted by atomic mass is 35.5. The largest absolute Gasteiger partial charge is 0.205 e. The average molecular weight is 459 g/mol. The first kappa shape index (κ1) is 23.7. The summed E-state index contributed by atoms with van der Waals surface area (Å²) in [4.78, 5) is 0. The molecule has 2 saturated carbocycles. The van der Waals surface area contributed by atoms with Crippen molar-refractivity contribution in [1.82, 2.24) is 0 Å². The molecule has 4 rings (SSSR count). The van der Waals surface area contributed by atoms with Gasteiger partial charge in [0, 0.05) is 0 Å². The molecule has 0 aliphatic heterocycles. The molecule has 0 heterocycles. The minimum absolute atomic E-state index is 0.273. The van der Waals surface area contributed by atoms with Gasteiger partial charge < -0.3 is 0 Å². The van der Waals surface area contributed by atoms with E-state index in [1.165, 1.54) is 75.5 Å². The first-order chi connectivity index (χ1) is 15.5. The Bertz CT molecular complexity index is 826. The van der Waals surface area contributed by atoms with E-state index >= 15 is 0 Å². The number of halogens is 3. The average Bonchev–Trinajstić information content (AvgIpc) is 2.82. The summed E-state index contributed by atoms with van der Waals surface area (Å²) in [6.07, 6.45) is 14.0. The van der Waals surface area contributed by atoms with E-state index in [4.69, 9.17) is 11.6 Å². The fourth-order valence-electron chi connectivity index (χ4n) is 6.24. The molecule has 32 heavy (non-hydrogen) atoms. The van der Waals surface area contributed by atoms with E-state index in [1.807, 2.05) is 0 Å². The second-order valence-corrected chi connectivity index (χ2v) is 10.9. The lowest BCUT2D eigenvalue weighted by Gasteiger charge is -2.33. The standard InChI is InChI=1S/C29H37ClF2/c1-20(24-5-3-2-4-6-24)17-23-11-9-21(10-12-23)7-8-22-13-15-25(16-14-22)26-18-27(31)29(30)28(32)19-26/h2-6,18-23,25H,7-17H2,1H3. The molecule has 1 unspecified atom stereocenters. The Morgan fingerprint density at radius 3 is 1.84 bits per heavy atom. The molecule has 2 aliphatic carbocycles. The van der Waals surface area contributed by atoms with Gasteiger partial charge in [-0.2, -0.15) is 0 Å². The molecule has 2 aromatic carbocycles. The second-order valence-electron chi connectivity index (χ2n) is 10.5. The highest BCUT2D eigenvalue weighted by molar-refractivity contribution is 6.30. The molecule has 2 fully saturated rings. The molecule has 0 N–H and O–H groups in total. The maximum absolute atomic E-state index is 13.8. The van der Waals surface area contributed by atoms with Crippen LogP contribution in [-0.4, -0.2) is 0 Å². The van der Waals surface area contributed by atoms with Crippen molar-refractivity contribution in [1.29, 1.82) is 0 Å². The van der Waals surface area contributed by atoms with Crippen LogP contribution in [0.1, 0.15) is 101 Å². The van der Waals surface area contributed by atoms with Gasteiger partial charge in [-0.15, -0.1) is 0 Å². The molecule has 0 amide bonds. The Kier molecular flexibility index (Phi) is 8.27. The second kappa shape index (κ2) is 11.1. The van der Waals surface area contributed by atoms with Gasteiger partial charge in [-0.3, -0.25) is 0 Å². The third kappa shape index (κ3) is 6.13. The minimum Gasteiger partial charge on any atom is -0.205 e. The Morgan fingerprint density at radius 2 is 1.28 bits per heavy atom. The normalized spacial score (nSPS) is 27.2. The van der Waals surface area contributed by atoms with Gasteiger partial charge in [-0.25, -0.2) is 8.78 Å². The lowest BCUT2D eigenvalue weighted by atomic mass is 9.73. The van der Waals surface area contributed by atoms with Gasteiger partial charge in [-0.05, 0) is 85.0 Å². The maximum Gasteiger partial charge on any atom is 0.145 e. The number of rotatable bonds is 7. The Morgan fingerprint density at radius 1 is 0.781 bits per heavy atom. The van der Waals surface area contributed by atoms with Crippen LogP contribution in [0.3, 0.4) is 0 Å². The van der Waals surface area contributed by atoms with Crippen LogP contribution < -0.4 is 0 Å². The van der Waals surface area contributed by atoms with Crippen LogP contribution in [0.5, 0.6) is 0 Å². The van der Waals surface area contributed by atoms with Crippen LogP contribution in [-0.2, 0) is 0 Å². The van der Waals surface area contributed by atoms with Crippen molar-refractivity contribution in [2.24, 2.45) is 17.8 Å². The SMILES string of the molecule is CC(CC1CCC(CCC2CCC(c3cc(F)c(Cl)c(F)c3)CC2)CC1)c1ccccc1. The smallest absolute Gasteiger partial charge is 0.145 e. The first-order valence-corrected chi connectivity index (χ1v) is 13.1. The van der Waals surface area contributed by atoms with Gasteiger partial charge in [-0.1, -0.05) is 87.4 Å². The van der Waals surface area contributed by atoms with Crippen LogP contribution in [0, 0.1) is 29.4 Å². The van der Waals surface area contributed by atoms with E-state index in [1.54, 1.807) is 0 Å². The highest BCUT2D eigenvalue weighted by Gasteiger charge is 2.27. The fourth-order valence-corrected chi connectivity index (χ4v) is 6.35. The van der Waals surface area contributed by atoms with Crippen LogP contribution in [0.4, 0.5) is 8.78 Å². The topological polar surface area (TPSA) is 0 Å². The number of hydrogen-bond acceptors (Lipinski definition) is 0. The molecule has 0 radical (unpaired) electrons. The molecule has 0 aromatic heterocycles. The van der Waals surface area contributed by atoms with Crippen LogP contribution >= 0.6 is 11.6 Å². The summed E-state index contributed by atoms with van der Waals surface area (Å²) in [6.45, 7) is 2.38. The molecule has 0 bridgehead atoms. The minimum atomic E-state index is -0.627. The molecule has 0 spiro atoms. The van der Waals surface area contributed by atoms with E-state index < -0.39 is 11.6 Å². The fraction of sp³-hybridized carbons (Fsp3) is 0.586. The molecule has 2 aliphatic rings. The molecular formula is C29H37ClF2. The van der Waals surface area contributed by atoms with Crippen molar-refractivity contribution in [3.05, 3.63) is 70.2 Å². The third-order valence-corrected chi connectivity index (χ3v) is 8.69. The third-order valence-electron chi connectivity index (χ3n) is 8.33. The summed E-state index contributed by atoms with van der Waals surface area (Å²) in [6, 6.07) is 13.8. The maximum atomic E-state index is 13.8. The predicted molar refractivity (Wildman–Crippen MR) is 130 cm³/mol. The predicted octanol–water partition coefficient (Wildman–Crippen LogP) is 9.67. The zero-order chi connectivity index (χ0) is 22.5.